The van der Waals surface area contributed by atoms with Gasteiger partial charge < -0.3 is 10.1 Å². The van der Waals surface area contributed by atoms with Crippen LogP contribution >= 0.6 is 34.8 Å². The van der Waals surface area contributed by atoms with Gasteiger partial charge in [0.05, 0.1) is 6.21 Å². The van der Waals surface area contributed by atoms with Crippen molar-refractivity contribution in [2.24, 2.45) is 5.10 Å². The Balaban J connectivity index is 1.61. The van der Waals surface area contributed by atoms with E-state index in [4.69, 9.17) is 39.5 Å². The summed E-state index contributed by atoms with van der Waals surface area (Å²) in [6.45, 7) is 1.91. The van der Waals surface area contributed by atoms with Crippen LogP contribution in [0.5, 0.6) is 5.75 Å². The van der Waals surface area contributed by atoms with Crippen molar-refractivity contribution >= 4 is 52.8 Å². The third-order valence-electron chi connectivity index (χ3n) is 4.33. The lowest BCUT2D eigenvalue weighted by atomic mass is 10.1. The molecule has 0 spiro atoms. The van der Waals surface area contributed by atoms with E-state index in [1.54, 1.807) is 60.7 Å². The molecule has 0 aliphatic rings. The second-order valence-electron chi connectivity index (χ2n) is 6.88. The molecule has 2 amide bonds. The lowest BCUT2D eigenvalue weighted by molar-refractivity contribution is 0.0832. The minimum atomic E-state index is -1.92. The van der Waals surface area contributed by atoms with E-state index < -0.39 is 15.9 Å². The highest BCUT2D eigenvalue weighted by Gasteiger charge is 2.36. The van der Waals surface area contributed by atoms with Gasteiger partial charge in [-0.3, -0.25) is 14.6 Å². The predicted octanol–water partition coefficient (Wildman–Crippen LogP) is 4.66. The molecule has 10 heteroatoms. The largest absolute Gasteiger partial charge is 0.466 e. The van der Waals surface area contributed by atoms with Gasteiger partial charge in [0.1, 0.15) is 5.75 Å². The fourth-order valence-corrected chi connectivity index (χ4v) is 2.88. The van der Waals surface area contributed by atoms with Crippen molar-refractivity contribution in [3.05, 3.63) is 95.3 Å². The molecule has 0 saturated heterocycles. The third kappa shape index (κ3) is 7.46. The van der Waals surface area contributed by atoms with Crippen molar-refractivity contribution in [2.75, 3.05) is 0 Å². The first-order chi connectivity index (χ1) is 15.7. The molecule has 1 aromatic heterocycles. The molecule has 1 unspecified atom stereocenters. The number of halogens is 3. The second kappa shape index (κ2) is 11.1. The van der Waals surface area contributed by atoms with Gasteiger partial charge in [0.25, 0.3) is 11.8 Å². The monoisotopic (exact) mass is 504 g/mol. The van der Waals surface area contributed by atoms with E-state index in [9.17, 15) is 9.59 Å². The van der Waals surface area contributed by atoms with E-state index in [1.165, 1.54) is 18.6 Å². The van der Waals surface area contributed by atoms with E-state index >= 15 is 0 Å². The number of carbonyl (C=O) groups is 2. The van der Waals surface area contributed by atoms with Crippen LogP contribution in [0, 0.1) is 6.92 Å². The van der Waals surface area contributed by atoms with Crippen molar-refractivity contribution in [3.63, 3.8) is 0 Å². The molecule has 1 atom stereocenters. The van der Waals surface area contributed by atoms with Crippen LogP contribution in [0.1, 0.15) is 31.8 Å². The van der Waals surface area contributed by atoms with Crippen molar-refractivity contribution in [1.29, 1.82) is 0 Å². The summed E-state index contributed by atoms with van der Waals surface area (Å²) < 4.78 is 3.78. The molecule has 0 radical (unpaired) electrons. The number of rotatable bonds is 7. The minimum absolute atomic E-state index is 0.355. The van der Waals surface area contributed by atoms with Crippen LogP contribution in [0.15, 0.2) is 78.2 Å². The summed E-state index contributed by atoms with van der Waals surface area (Å²) in [6.07, 6.45) is 3.26. The summed E-state index contributed by atoms with van der Waals surface area (Å²) in [4.78, 5) is 28.3. The number of hydrogen-bond acceptors (Lipinski definition) is 5. The van der Waals surface area contributed by atoms with Gasteiger partial charge in [-0.2, -0.15) is 5.10 Å². The zero-order valence-electron chi connectivity index (χ0n) is 17.3. The number of amides is 2. The molecule has 3 aromatic rings. The van der Waals surface area contributed by atoms with Crippen LogP contribution in [0.25, 0.3) is 0 Å². The number of nitrogens with zero attached hydrogens (tertiary/aromatic N) is 2. The number of benzene rings is 2. The predicted molar refractivity (Wildman–Crippen MR) is 129 cm³/mol. The molecular formula is C23H19Cl3N4O3. The van der Waals surface area contributed by atoms with Crippen LogP contribution in [0.2, 0.25) is 0 Å². The first-order valence-electron chi connectivity index (χ1n) is 9.67. The molecule has 0 aliphatic heterocycles. The number of aryl methyl sites for hydroxylation is 1. The fraction of sp³-hybridized carbons (Fsp3) is 0.130. The molecule has 3 rings (SSSR count). The van der Waals surface area contributed by atoms with Gasteiger partial charge in [-0.15, -0.1) is 0 Å². The smallest absolute Gasteiger partial charge is 0.271 e. The summed E-state index contributed by atoms with van der Waals surface area (Å²) in [5.41, 5.74) is 4.98. The molecule has 7 nitrogen and oxygen atoms in total. The molecule has 33 heavy (non-hydrogen) atoms. The van der Waals surface area contributed by atoms with Gasteiger partial charge in [0.2, 0.25) is 10.0 Å². The Morgan fingerprint density at radius 2 is 1.55 bits per heavy atom. The molecule has 0 bridgehead atoms. The lowest BCUT2D eigenvalue weighted by Crippen LogP contribution is -2.47. The summed E-state index contributed by atoms with van der Waals surface area (Å²) in [6, 6.07) is 16.7. The Morgan fingerprint density at radius 1 is 0.939 bits per heavy atom. The van der Waals surface area contributed by atoms with Crippen molar-refractivity contribution in [2.45, 2.75) is 16.9 Å². The highest BCUT2D eigenvalue weighted by molar-refractivity contribution is 6.68. The molecule has 170 valence electrons. The Bertz CT molecular complexity index is 1120. The van der Waals surface area contributed by atoms with E-state index in [-0.39, 0.29) is 5.91 Å². The first kappa shape index (κ1) is 24.5. The van der Waals surface area contributed by atoms with Crippen LogP contribution in [-0.4, -0.2) is 33.0 Å². The maximum absolute atomic E-state index is 12.5. The summed E-state index contributed by atoms with van der Waals surface area (Å²) in [7, 11) is 0. The number of nitrogens with one attached hydrogen (secondary N) is 2. The topological polar surface area (TPSA) is 92.7 Å². The number of hydrazone groups is 1. The van der Waals surface area contributed by atoms with Gasteiger partial charge in [0, 0.05) is 23.5 Å². The Labute approximate surface area is 205 Å². The van der Waals surface area contributed by atoms with E-state index in [0.717, 1.165) is 5.56 Å². The highest BCUT2D eigenvalue weighted by Crippen LogP contribution is 2.32. The third-order valence-corrected chi connectivity index (χ3v) is 4.92. The molecule has 2 N–H and O–H groups in total. The zero-order valence-corrected chi connectivity index (χ0v) is 19.6. The number of aromatic nitrogens is 1. The maximum atomic E-state index is 12.5. The average Bonchev–Trinajstić information content (AvgIpc) is 2.80. The Hall–Kier alpha value is -3.13. The second-order valence-corrected chi connectivity index (χ2v) is 9.25. The molecule has 0 saturated carbocycles. The zero-order chi connectivity index (χ0) is 23.8. The number of pyridine rings is 1. The van der Waals surface area contributed by atoms with Gasteiger partial charge in [-0.1, -0.05) is 52.5 Å². The number of ether oxygens (including phenoxy) is 1. The summed E-state index contributed by atoms with van der Waals surface area (Å²) >= 11 is 18.0. The fourth-order valence-electron chi connectivity index (χ4n) is 2.59. The highest BCUT2D eigenvalue weighted by atomic mass is 35.6. The van der Waals surface area contributed by atoms with Crippen LogP contribution < -0.4 is 15.5 Å². The van der Waals surface area contributed by atoms with Crippen LogP contribution in [0.3, 0.4) is 0 Å². The molecule has 0 fully saturated rings. The first-order valence-corrected chi connectivity index (χ1v) is 10.8. The van der Waals surface area contributed by atoms with Gasteiger partial charge in [0.15, 0.2) is 0 Å². The van der Waals surface area contributed by atoms with Gasteiger partial charge >= 0.3 is 0 Å². The lowest BCUT2D eigenvalue weighted by Gasteiger charge is -2.26. The molecule has 1 heterocycles. The average molecular weight is 506 g/mol. The standard InChI is InChI=1S/C23H19Cl3N4O3/c1-15-2-6-17(7-3-15)20(31)29-22(23(24,25)26)33-19-8-4-16(5-9-19)14-28-30-21(32)18-10-12-27-13-11-18/h2-14,22H,1H3,(H,29,31)(H,30,32)/b28-14+. The van der Waals surface area contributed by atoms with Crippen LogP contribution in [0.4, 0.5) is 0 Å². The SMILES string of the molecule is Cc1ccc(C(=O)NC(Oc2ccc(/C=N/NC(=O)c3ccncc3)cc2)C(Cl)(Cl)Cl)cc1. The normalized spacial score (nSPS) is 12.2. The van der Waals surface area contributed by atoms with Crippen LogP contribution in [-0.2, 0) is 0 Å². The quantitative estimate of drug-likeness (QED) is 0.211. The van der Waals surface area contributed by atoms with E-state index in [0.29, 0.717) is 22.4 Å². The van der Waals surface area contributed by atoms with Crippen molar-refractivity contribution in [1.82, 2.24) is 15.7 Å². The van der Waals surface area contributed by atoms with E-state index in [2.05, 4.69) is 20.8 Å². The molecular weight excluding hydrogens is 487 g/mol. The van der Waals surface area contributed by atoms with Gasteiger partial charge in [-0.25, -0.2) is 5.43 Å². The molecule has 0 aliphatic carbocycles. The summed E-state index contributed by atoms with van der Waals surface area (Å²) in [5, 5.41) is 6.50. The van der Waals surface area contributed by atoms with Crippen molar-refractivity contribution < 1.29 is 14.3 Å². The van der Waals surface area contributed by atoms with Crippen molar-refractivity contribution in [3.8, 4) is 5.75 Å². The number of carbonyl (C=O) groups excluding carboxylic acids is 2. The summed E-state index contributed by atoms with van der Waals surface area (Å²) in [5.74, 6) is -0.447. The minimum Gasteiger partial charge on any atom is -0.466 e. The maximum Gasteiger partial charge on any atom is 0.271 e. The number of alkyl halides is 3. The Kier molecular flexibility index (Phi) is 8.27. The number of hydrogen-bond donors (Lipinski definition) is 2. The van der Waals surface area contributed by atoms with Gasteiger partial charge in [-0.05, 0) is 61.0 Å². The van der Waals surface area contributed by atoms with E-state index in [1.807, 2.05) is 6.92 Å². The molecule has 2 aromatic carbocycles. The Morgan fingerprint density at radius 3 is 2.15 bits per heavy atom.